The Labute approximate surface area is 183 Å². The molecular formula is C26H20F3NO2. The van der Waals surface area contributed by atoms with E-state index in [4.69, 9.17) is 0 Å². The lowest BCUT2D eigenvalue weighted by atomic mass is 10.0. The normalized spacial score (nSPS) is 13.8. The van der Waals surface area contributed by atoms with Crippen LogP contribution in [0.4, 0.5) is 13.2 Å². The number of carbonyl (C=O) groups is 2. The van der Waals surface area contributed by atoms with Crippen molar-refractivity contribution in [3.05, 3.63) is 106 Å². The van der Waals surface area contributed by atoms with Gasteiger partial charge < -0.3 is 0 Å². The molecule has 3 aromatic carbocycles. The zero-order chi connectivity index (χ0) is 22.7. The van der Waals surface area contributed by atoms with Crippen molar-refractivity contribution >= 4 is 24.0 Å². The first-order valence-corrected chi connectivity index (χ1v) is 10.2. The molecule has 2 amide bonds. The van der Waals surface area contributed by atoms with Crippen molar-refractivity contribution in [1.29, 1.82) is 0 Å². The van der Waals surface area contributed by atoms with E-state index >= 15 is 0 Å². The molecule has 0 saturated heterocycles. The molecule has 0 unspecified atom stereocenters. The molecule has 0 aliphatic carbocycles. The summed E-state index contributed by atoms with van der Waals surface area (Å²) < 4.78 is 39.5. The number of hydrogen-bond acceptors (Lipinski definition) is 2. The van der Waals surface area contributed by atoms with Crippen LogP contribution in [0.5, 0.6) is 0 Å². The fourth-order valence-electron chi connectivity index (χ4n) is 3.82. The second-order valence-corrected chi connectivity index (χ2v) is 7.57. The molecule has 0 spiro atoms. The lowest BCUT2D eigenvalue weighted by Gasteiger charge is -2.13. The van der Waals surface area contributed by atoms with Crippen LogP contribution >= 0.6 is 0 Å². The topological polar surface area (TPSA) is 37.4 Å². The Balaban J connectivity index is 1.40. The van der Waals surface area contributed by atoms with E-state index in [2.05, 4.69) is 0 Å². The van der Waals surface area contributed by atoms with Crippen LogP contribution in [-0.2, 0) is 12.6 Å². The molecule has 4 rings (SSSR count). The molecule has 1 heterocycles. The maximum atomic E-state index is 13.2. The van der Waals surface area contributed by atoms with E-state index in [1.54, 1.807) is 36.4 Å². The SMILES string of the molecule is O=C1c2ccccc2C(=O)N1CCCc1cccc(/C=C\c2ccccc2C(F)(F)F)c1. The second kappa shape index (κ2) is 8.83. The van der Waals surface area contributed by atoms with Crippen molar-refractivity contribution in [1.82, 2.24) is 4.90 Å². The van der Waals surface area contributed by atoms with Crippen LogP contribution in [-0.4, -0.2) is 23.3 Å². The van der Waals surface area contributed by atoms with Crippen LogP contribution < -0.4 is 0 Å². The van der Waals surface area contributed by atoms with E-state index in [9.17, 15) is 22.8 Å². The summed E-state index contributed by atoms with van der Waals surface area (Å²) in [6.45, 7) is 0.311. The Morgan fingerprint density at radius 1 is 0.781 bits per heavy atom. The highest BCUT2D eigenvalue weighted by Crippen LogP contribution is 2.32. The second-order valence-electron chi connectivity index (χ2n) is 7.57. The number of benzene rings is 3. The third-order valence-electron chi connectivity index (χ3n) is 5.40. The highest BCUT2D eigenvalue weighted by Gasteiger charge is 2.34. The number of hydrogen-bond donors (Lipinski definition) is 0. The summed E-state index contributed by atoms with van der Waals surface area (Å²) in [5.74, 6) is -0.545. The molecule has 3 aromatic rings. The van der Waals surface area contributed by atoms with E-state index in [0.717, 1.165) is 17.2 Å². The van der Waals surface area contributed by atoms with Crippen LogP contribution in [0.1, 0.15) is 49.4 Å². The summed E-state index contributed by atoms with van der Waals surface area (Å²) in [5, 5.41) is 0. The minimum absolute atomic E-state index is 0.107. The lowest BCUT2D eigenvalue weighted by molar-refractivity contribution is -0.137. The van der Waals surface area contributed by atoms with Gasteiger partial charge in [0.15, 0.2) is 0 Å². The van der Waals surface area contributed by atoms with Crippen LogP contribution in [0.15, 0.2) is 72.8 Å². The molecule has 0 bridgehead atoms. The Morgan fingerprint density at radius 2 is 1.44 bits per heavy atom. The first kappa shape index (κ1) is 21.6. The average molecular weight is 435 g/mol. The first-order chi connectivity index (χ1) is 15.3. The van der Waals surface area contributed by atoms with Crippen molar-refractivity contribution in [2.75, 3.05) is 6.54 Å². The summed E-state index contributed by atoms with van der Waals surface area (Å²) in [5.41, 5.74) is 2.06. The number of fused-ring (bicyclic) bond motifs is 1. The van der Waals surface area contributed by atoms with Gasteiger partial charge >= 0.3 is 6.18 Å². The number of carbonyl (C=O) groups excluding carboxylic acids is 2. The molecule has 0 atom stereocenters. The highest BCUT2D eigenvalue weighted by atomic mass is 19.4. The van der Waals surface area contributed by atoms with Gasteiger partial charge in [-0.05, 0) is 47.7 Å². The summed E-state index contributed by atoms with van der Waals surface area (Å²) >= 11 is 0. The number of halogens is 3. The molecule has 1 aliphatic rings. The van der Waals surface area contributed by atoms with Crippen LogP contribution in [0.3, 0.4) is 0 Å². The number of nitrogens with zero attached hydrogens (tertiary/aromatic N) is 1. The van der Waals surface area contributed by atoms with Gasteiger partial charge in [0.05, 0.1) is 16.7 Å². The number of aryl methyl sites for hydroxylation is 1. The smallest absolute Gasteiger partial charge is 0.274 e. The molecule has 0 radical (unpaired) electrons. The molecule has 3 nitrogen and oxygen atoms in total. The molecule has 32 heavy (non-hydrogen) atoms. The van der Waals surface area contributed by atoms with E-state index in [1.807, 2.05) is 24.3 Å². The van der Waals surface area contributed by atoms with Gasteiger partial charge in [0.1, 0.15) is 0 Å². The van der Waals surface area contributed by atoms with Gasteiger partial charge in [-0.1, -0.05) is 66.7 Å². The van der Waals surface area contributed by atoms with Gasteiger partial charge in [0.25, 0.3) is 11.8 Å². The predicted octanol–water partition coefficient (Wildman–Crippen LogP) is 6.10. The number of imide groups is 1. The van der Waals surface area contributed by atoms with E-state index in [0.29, 0.717) is 30.5 Å². The number of rotatable bonds is 6. The third kappa shape index (κ3) is 4.49. The fourth-order valence-corrected chi connectivity index (χ4v) is 3.82. The molecular weight excluding hydrogens is 415 g/mol. The maximum absolute atomic E-state index is 13.2. The Bertz CT molecular complexity index is 1160. The minimum Gasteiger partial charge on any atom is -0.274 e. The first-order valence-electron chi connectivity index (χ1n) is 10.2. The van der Waals surface area contributed by atoms with Crippen LogP contribution in [0.2, 0.25) is 0 Å². The van der Waals surface area contributed by atoms with Gasteiger partial charge in [0, 0.05) is 6.54 Å². The molecule has 0 saturated carbocycles. The monoisotopic (exact) mass is 435 g/mol. The Hall–Kier alpha value is -3.67. The quantitative estimate of drug-likeness (QED) is 0.346. The van der Waals surface area contributed by atoms with Gasteiger partial charge in [-0.2, -0.15) is 13.2 Å². The summed E-state index contributed by atoms with van der Waals surface area (Å²) in [6, 6.07) is 19.7. The van der Waals surface area contributed by atoms with Crippen molar-refractivity contribution in [2.45, 2.75) is 19.0 Å². The standard InChI is InChI=1S/C26H20F3NO2/c27-26(28,29)23-13-4-1-10-20(23)15-14-19-8-5-7-18(17-19)9-6-16-30-24(31)21-11-2-3-12-22(21)25(30)32/h1-5,7-8,10-15,17H,6,9,16H2/b15-14-. The maximum Gasteiger partial charge on any atom is 0.416 e. The van der Waals surface area contributed by atoms with Crippen molar-refractivity contribution in [3.63, 3.8) is 0 Å². The van der Waals surface area contributed by atoms with Gasteiger partial charge in [-0.3, -0.25) is 14.5 Å². The Kier molecular flexibility index (Phi) is 5.95. The van der Waals surface area contributed by atoms with Crippen LogP contribution in [0.25, 0.3) is 12.2 Å². The summed E-state index contributed by atoms with van der Waals surface area (Å²) in [7, 11) is 0. The van der Waals surface area contributed by atoms with E-state index < -0.39 is 11.7 Å². The molecule has 162 valence electrons. The largest absolute Gasteiger partial charge is 0.416 e. The Morgan fingerprint density at radius 3 is 2.12 bits per heavy atom. The summed E-state index contributed by atoms with van der Waals surface area (Å²) in [4.78, 5) is 26.1. The van der Waals surface area contributed by atoms with Crippen molar-refractivity contribution < 1.29 is 22.8 Å². The molecule has 0 fully saturated rings. The molecule has 0 aromatic heterocycles. The number of amides is 2. The van der Waals surface area contributed by atoms with Gasteiger partial charge in [-0.25, -0.2) is 0 Å². The predicted molar refractivity (Wildman–Crippen MR) is 117 cm³/mol. The van der Waals surface area contributed by atoms with Crippen LogP contribution in [0, 0.1) is 0 Å². The average Bonchev–Trinajstić information content (AvgIpc) is 3.03. The fraction of sp³-hybridized carbons (Fsp3) is 0.154. The zero-order valence-electron chi connectivity index (χ0n) is 17.1. The third-order valence-corrected chi connectivity index (χ3v) is 5.40. The van der Waals surface area contributed by atoms with Crippen molar-refractivity contribution in [3.8, 4) is 0 Å². The lowest BCUT2D eigenvalue weighted by Crippen LogP contribution is -2.30. The van der Waals surface area contributed by atoms with E-state index in [-0.39, 0.29) is 17.4 Å². The molecule has 0 N–H and O–H groups in total. The molecule has 1 aliphatic heterocycles. The highest BCUT2D eigenvalue weighted by molar-refractivity contribution is 6.21. The zero-order valence-corrected chi connectivity index (χ0v) is 17.1. The summed E-state index contributed by atoms with van der Waals surface area (Å²) in [6.07, 6.45) is -0.0738. The molecule has 6 heteroatoms. The van der Waals surface area contributed by atoms with Gasteiger partial charge in [0.2, 0.25) is 0 Å². The van der Waals surface area contributed by atoms with E-state index in [1.165, 1.54) is 23.1 Å². The number of alkyl halides is 3. The van der Waals surface area contributed by atoms with Gasteiger partial charge in [-0.15, -0.1) is 0 Å². The minimum atomic E-state index is -4.41. The van der Waals surface area contributed by atoms with Crippen molar-refractivity contribution in [2.24, 2.45) is 0 Å².